The number of aryl methyl sites for hydroxylation is 1. The van der Waals surface area contributed by atoms with E-state index in [1.54, 1.807) is 0 Å². The molecule has 0 radical (unpaired) electrons. The molecule has 2 aromatic carbocycles. The lowest BCUT2D eigenvalue weighted by Gasteiger charge is -2.11. The number of nitrogens with zero attached hydrogens (tertiary/aromatic N) is 1. The van der Waals surface area contributed by atoms with Gasteiger partial charge in [0.05, 0.1) is 5.52 Å². The average molecular weight is 290 g/mol. The normalized spacial score (nSPS) is 12.5. The first-order valence-corrected chi connectivity index (χ1v) is 7.87. The first kappa shape index (κ1) is 14.7. The molecule has 0 saturated heterocycles. The maximum atomic E-state index is 4.38. The molecule has 112 valence electrons. The zero-order valence-corrected chi connectivity index (χ0v) is 13.2. The maximum Gasteiger partial charge on any atom is 0.0702 e. The average Bonchev–Trinajstić information content (AvgIpc) is 2.59. The molecule has 3 rings (SSSR count). The number of benzene rings is 2. The molecule has 0 bridgehead atoms. The molecule has 1 heterocycles. The molecule has 0 aliphatic carbocycles. The van der Waals surface area contributed by atoms with Crippen molar-refractivity contribution < 1.29 is 0 Å². The van der Waals surface area contributed by atoms with Crippen molar-refractivity contribution in [1.82, 2.24) is 10.3 Å². The second-order valence-electron chi connectivity index (χ2n) is 5.84. The Kier molecular flexibility index (Phi) is 4.50. The highest BCUT2D eigenvalue weighted by Crippen LogP contribution is 2.24. The van der Waals surface area contributed by atoms with Gasteiger partial charge in [0.2, 0.25) is 0 Å². The van der Waals surface area contributed by atoms with Gasteiger partial charge in [-0.15, -0.1) is 0 Å². The van der Waals surface area contributed by atoms with Gasteiger partial charge in [-0.3, -0.25) is 4.98 Å². The van der Waals surface area contributed by atoms with Crippen molar-refractivity contribution in [3.8, 4) is 11.1 Å². The van der Waals surface area contributed by atoms with Crippen LogP contribution in [-0.2, 0) is 6.42 Å². The van der Waals surface area contributed by atoms with Crippen molar-refractivity contribution in [2.45, 2.75) is 25.8 Å². The lowest BCUT2D eigenvalue weighted by Crippen LogP contribution is -2.21. The first-order valence-electron chi connectivity index (χ1n) is 7.87. The minimum absolute atomic E-state index is 0.551. The van der Waals surface area contributed by atoms with Crippen molar-refractivity contribution in [3.63, 3.8) is 0 Å². The fourth-order valence-corrected chi connectivity index (χ4v) is 2.69. The van der Waals surface area contributed by atoms with Crippen LogP contribution in [0.15, 0.2) is 60.8 Å². The molecule has 1 N–H and O–H groups in total. The smallest absolute Gasteiger partial charge is 0.0702 e. The summed E-state index contributed by atoms with van der Waals surface area (Å²) in [6.45, 7) is 2.22. The van der Waals surface area contributed by atoms with E-state index < -0.39 is 0 Å². The van der Waals surface area contributed by atoms with Crippen LogP contribution < -0.4 is 5.32 Å². The van der Waals surface area contributed by atoms with Crippen LogP contribution in [0.2, 0.25) is 0 Å². The van der Waals surface area contributed by atoms with E-state index in [9.17, 15) is 0 Å². The lowest BCUT2D eigenvalue weighted by atomic mass is 9.99. The first-order chi connectivity index (χ1) is 10.8. The van der Waals surface area contributed by atoms with Crippen molar-refractivity contribution in [2.24, 2.45) is 0 Å². The molecule has 0 aliphatic rings. The van der Waals surface area contributed by atoms with E-state index >= 15 is 0 Å². The Bertz CT molecular complexity index is 764. The Morgan fingerprint density at radius 1 is 1.00 bits per heavy atom. The molecule has 2 nitrogen and oxygen atoms in total. The zero-order valence-electron chi connectivity index (χ0n) is 13.2. The number of rotatable bonds is 5. The van der Waals surface area contributed by atoms with Crippen LogP contribution in [0.5, 0.6) is 0 Å². The third-order valence-electron chi connectivity index (χ3n) is 4.22. The number of fused-ring (bicyclic) bond motifs is 1. The third-order valence-corrected chi connectivity index (χ3v) is 4.22. The quantitative estimate of drug-likeness (QED) is 0.751. The molecule has 0 amide bonds. The molecule has 0 aliphatic heterocycles. The van der Waals surface area contributed by atoms with Gasteiger partial charge in [-0.1, -0.05) is 36.4 Å². The molecule has 1 aromatic heterocycles. The molecule has 0 spiro atoms. The lowest BCUT2D eigenvalue weighted by molar-refractivity contribution is 0.565. The summed E-state index contributed by atoms with van der Waals surface area (Å²) in [4.78, 5) is 4.38. The van der Waals surface area contributed by atoms with Gasteiger partial charge in [0.1, 0.15) is 0 Å². The maximum absolute atomic E-state index is 4.38. The zero-order chi connectivity index (χ0) is 15.4. The Hall–Kier alpha value is -2.19. The van der Waals surface area contributed by atoms with E-state index in [-0.39, 0.29) is 0 Å². The molecule has 22 heavy (non-hydrogen) atoms. The number of hydrogen-bond donors (Lipinski definition) is 1. The largest absolute Gasteiger partial charge is 0.317 e. The molecule has 0 saturated carbocycles. The summed E-state index contributed by atoms with van der Waals surface area (Å²) in [6, 6.07) is 20.0. The van der Waals surface area contributed by atoms with Crippen LogP contribution in [0.3, 0.4) is 0 Å². The summed E-state index contributed by atoms with van der Waals surface area (Å²) in [7, 11) is 2.02. The Morgan fingerprint density at radius 2 is 1.86 bits per heavy atom. The minimum Gasteiger partial charge on any atom is -0.317 e. The van der Waals surface area contributed by atoms with Crippen LogP contribution in [0.4, 0.5) is 0 Å². The molecule has 1 unspecified atom stereocenters. The number of pyridine rings is 1. The van der Waals surface area contributed by atoms with E-state index in [4.69, 9.17) is 0 Å². The molecule has 0 fully saturated rings. The van der Waals surface area contributed by atoms with Crippen LogP contribution in [0.25, 0.3) is 22.0 Å². The minimum atomic E-state index is 0.551. The number of nitrogens with one attached hydrogen (secondary N) is 1. The van der Waals surface area contributed by atoms with Gasteiger partial charge in [-0.05, 0) is 61.7 Å². The summed E-state index contributed by atoms with van der Waals surface area (Å²) in [5, 5.41) is 4.48. The molecule has 1 atom stereocenters. The van der Waals surface area contributed by atoms with Crippen LogP contribution >= 0.6 is 0 Å². The monoisotopic (exact) mass is 290 g/mol. The van der Waals surface area contributed by atoms with Crippen molar-refractivity contribution in [3.05, 3.63) is 66.4 Å². The fraction of sp³-hybridized carbons (Fsp3) is 0.250. The van der Waals surface area contributed by atoms with Gasteiger partial charge >= 0.3 is 0 Å². The van der Waals surface area contributed by atoms with Gasteiger partial charge in [-0.2, -0.15) is 0 Å². The fourth-order valence-electron chi connectivity index (χ4n) is 2.69. The Balaban J connectivity index is 1.86. The molecular weight excluding hydrogens is 268 g/mol. The highest BCUT2D eigenvalue weighted by atomic mass is 14.8. The SMILES string of the molecule is CNC(C)CCc1cccc(-c2ccc3ncccc3c2)c1. The Labute approximate surface area is 132 Å². The van der Waals surface area contributed by atoms with E-state index in [0.717, 1.165) is 18.4 Å². The molecular formula is C20H22N2. The van der Waals surface area contributed by atoms with Crippen molar-refractivity contribution >= 4 is 10.9 Å². The van der Waals surface area contributed by atoms with E-state index in [1.165, 1.54) is 22.1 Å². The second kappa shape index (κ2) is 6.71. The Morgan fingerprint density at radius 3 is 2.73 bits per heavy atom. The summed E-state index contributed by atoms with van der Waals surface area (Å²) in [5.41, 5.74) is 4.97. The topological polar surface area (TPSA) is 24.9 Å². The van der Waals surface area contributed by atoms with Gasteiger partial charge in [0, 0.05) is 17.6 Å². The van der Waals surface area contributed by atoms with Crippen molar-refractivity contribution in [2.75, 3.05) is 7.05 Å². The van der Waals surface area contributed by atoms with Crippen LogP contribution in [0, 0.1) is 0 Å². The van der Waals surface area contributed by atoms with Gasteiger partial charge < -0.3 is 5.32 Å². The standard InChI is InChI=1S/C20H22N2/c1-15(21-2)8-9-16-5-3-6-17(13-16)18-10-11-20-19(14-18)7-4-12-22-20/h3-7,10-15,21H,8-9H2,1-2H3. The highest BCUT2D eigenvalue weighted by Gasteiger charge is 2.03. The molecule has 2 heteroatoms. The number of aromatic nitrogens is 1. The van der Waals surface area contributed by atoms with E-state index in [1.807, 2.05) is 19.3 Å². The molecule has 3 aromatic rings. The summed E-state index contributed by atoms with van der Waals surface area (Å²) >= 11 is 0. The predicted octanol–water partition coefficient (Wildman–Crippen LogP) is 4.44. The summed E-state index contributed by atoms with van der Waals surface area (Å²) < 4.78 is 0. The predicted molar refractivity (Wildman–Crippen MR) is 94.0 cm³/mol. The van der Waals surface area contributed by atoms with Crippen LogP contribution in [0.1, 0.15) is 18.9 Å². The van der Waals surface area contributed by atoms with Crippen molar-refractivity contribution in [1.29, 1.82) is 0 Å². The van der Waals surface area contributed by atoms with Gasteiger partial charge in [-0.25, -0.2) is 0 Å². The van der Waals surface area contributed by atoms with Crippen LogP contribution in [-0.4, -0.2) is 18.1 Å². The highest BCUT2D eigenvalue weighted by molar-refractivity contribution is 5.84. The van der Waals surface area contributed by atoms with Gasteiger partial charge in [0.25, 0.3) is 0 Å². The van der Waals surface area contributed by atoms with E-state index in [0.29, 0.717) is 6.04 Å². The number of hydrogen-bond acceptors (Lipinski definition) is 2. The summed E-state index contributed by atoms with van der Waals surface area (Å²) in [5.74, 6) is 0. The van der Waals surface area contributed by atoms with Gasteiger partial charge in [0.15, 0.2) is 0 Å². The van der Waals surface area contributed by atoms with E-state index in [2.05, 4.69) is 65.8 Å². The third kappa shape index (κ3) is 3.34. The second-order valence-corrected chi connectivity index (χ2v) is 5.84. The summed E-state index contributed by atoms with van der Waals surface area (Å²) in [6.07, 6.45) is 4.10.